The van der Waals surface area contributed by atoms with E-state index in [1.165, 1.54) is 6.07 Å². The van der Waals surface area contributed by atoms with Crippen LogP contribution in [0.25, 0.3) is 0 Å². The van der Waals surface area contributed by atoms with Crippen molar-refractivity contribution in [3.8, 4) is 0 Å². The van der Waals surface area contributed by atoms with Crippen molar-refractivity contribution in [1.82, 2.24) is 5.32 Å². The zero-order chi connectivity index (χ0) is 14.8. The molecule has 0 aliphatic carbocycles. The first-order valence-corrected chi connectivity index (χ1v) is 7.06. The van der Waals surface area contributed by atoms with Gasteiger partial charge in [0.15, 0.2) is 0 Å². The lowest BCUT2D eigenvalue weighted by molar-refractivity contribution is -0.116. The zero-order valence-corrected chi connectivity index (χ0v) is 11.8. The number of halogens is 1. The van der Waals surface area contributed by atoms with Crippen molar-refractivity contribution in [3.63, 3.8) is 0 Å². The SMILES string of the molecule is CCNC(c1ccoc1)c1cc2c(cc1F)NC(=O)CC2. The Morgan fingerprint density at radius 2 is 2.29 bits per heavy atom. The Labute approximate surface area is 122 Å². The number of hydrogen-bond donors (Lipinski definition) is 2. The second kappa shape index (κ2) is 5.69. The third-order valence-corrected chi connectivity index (χ3v) is 3.71. The molecule has 2 N–H and O–H groups in total. The van der Waals surface area contributed by atoms with Crippen LogP contribution in [0, 0.1) is 5.82 Å². The Kier molecular flexibility index (Phi) is 3.75. The molecule has 1 unspecified atom stereocenters. The number of benzene rings is 1. The number of hydrogen-bond acceptors (Lipinski definition) is 3. The molecule has 0 bridgehead atoms. The van der Waals surface area contributed by atoms with Crippen molar-refractivity contribution in [1.29, 1.82) is 0 Å². The average molecular weight is 288 g/mol. The van der Waals surface area contributed by atoms with Gasteiger partial charge in [0.1, 0.15) is 5.82 Å². The molecule has 0 spiro atoms. The largest absolute Gasteiger partial charge is 0.472 e. The van der Waals surface area contributed by atoms with E-state index in [9.17, 15) is 9.18 Å². The van der Waals surface area contributed by atoms with Crippen molar-refractivity contribution in [3.05, 3.63) is 53.2 Å². The van der Waals surface area contributed by atoms with E-state index in [1.54, 1.807) is 12.5 Å². The highest BCUT2D eigenvalue weighted by Gasteiger charge is 2.23. The van der Waals surface area contributed by atoms with Crippen LogP contribution in [0.5, 0.6) is 0 Å². The summed E-state index contributed by atoms with van der Waals surface area (Å²) in [6.45, 7) is 2.69. The van der Waals surface area contributed by atoms with Crippen LogP contribution in [0.15, 0.2) is 35.1 Å². The maximum absolute atomic E-state index is 14.4. The molecule has 3 rings (SSSR count). The lowest BCUT2D eigenvalue weighted by Crippen LogP contribution is -2.24. The molecule has 5 heteroatoms. The van der Waals surface area contributed by atoms with E-state index < -0.39 is 0 Å². The van der Waals surface area contributed by atoms with Crippen LogP contribution in [0.3, 0.4) is 0 Å². The first-order chi connectivity index (χ1) is 10.2. The normalized spacial score (nSPS) is 15.4. The maximum Gasteiger partial charge on any atom is 0.224 e. The summed E-state index contributed by atoms with van der Waals surface area (Å²) in [7, 11) is 0. The molecule has 0 fully saturated rings. The molecular weight excluding hydrogens is 271 g/mol. The van der Waals surface area contributed by atoms with Crippen molar-refractivity contribution in [2.45, 2.75) is 25.8 Å². The van der Waals surface area contributed by atoms with E-state index in [4.69, 9.17) is 4.42 Å². The van der Waals surface area contributed by atoms with Gasteiger partial charge in [0.2, 0.25) is 5.91 Å². The van der Waals surface area contributed by atoms with Gasteiger partial charge < -0.3 is 15.1 Å². The smallest absolute Gasteiger partial charge is 0.224 e. The van der Waals surface area contributed by atoms with Crippen LogP contribution in [0.1, 0.15) is 36.1 Å². The fourth-order valence-electron chi connectivity index (χ4n) is 2.69. The van der Waals surface area contributed by atoms with Crippen LogP contribution in [-0.2, 0) is 11.2 Å². The van der Waals surface area contributed by atoms with Gasteiger partial charge >= 0.3 is 0 Å². The molecule has 0 saturated heterocycles. The second-order valence-corrected chi connectivity index (χ2v) is 5.13. The van der Waals surface area contributed by atoms with Gasteiger partial charge in [-0.05, 0) is 36.7 Å². The topological polar surface area (TPSA) is 54.3 Å². The summed E-state index contributed by atoms with van der Waals surface area (Å²) in [5.74, 6) is -0.393. The number of amides is 1. The van der Waals surface area contributed by atoms with Gasteiger partial charge in [-0.25, -0.2) is 4.39 Å². The first-order valence-electron chi connectivity index (χ1n) is 7.06. The van der Waals surface area contributed by atoms with Gasteiger partial charge in [0.25, 0.3) is 0 Å². The van der Waals surface area contributed by atoms with Crippen molar-refractivity contribution in [2.24, 2.45) is 0 Å². The van der Waals surface area contributed by atoms with Gasteiger partial charge in [-0.2, -0.15) is 0 Å². The Hall–Kier alpha value is -2.14. The van der Waals surface area contributed by atoms with Crippen LogP contribution in [0.4, 0.5) is 10.1 Å². The lowest BCUT2D eigenvalue weighted by Gasteiger charge is -2.22. The summed E-state index contributed by atoms with van der Waals surface area (Å²) in [6, 6.07) is 4.82. The number of furan rings is 1. The van der Waals surface area contributed by atoms with E-state index in [0.29, 0.717) is 30.6 Å². The monoisotopic (exact) mass is 288 g/mol. The number of nitrogens with one attached hydrogen (secondary N) is 2. The molecule has 1 amide bonds. The molecular formula is C16H17FN2O2. The molecule has 2 heterocycles. The first kappa shape index (κ1) is 13.8. The summed E-state index contributed by atoms with van der Waals surface area (Å²) in [4.78, 5) is 11.4. The summed E-state index contributed by atoms with van der Waals surface area (Å²) < 4.78 is 19.6. The Bertz CT molecular complexity index is 653. The van der Waals surface area contributed by atoms with Crippen molar-refractivity contribution >= 4 is 11.6 Å². The number of carbonyl (C=O) groups excluding carboxylic acids is 1. The van der Waals surface area contributed by atoms with E-state index >= 15 is 0 Å². The number of rotatable bonds is 4. The highest BCUT2D eigenvalue weighted by atomic mass is 19.1. The van der Waals surface area contributed by atoms with E-state index in [2.05, 4.69) is 10.6 Å². The minimum Gasteiger partial charge on any atom is -0.472 e. The molecule has 110 valence electrons. The van der Waals surface area contributed by atoms with E-state index in [0.717, 1.165) is 11.1 Å². The summed E-state index contributed by atoms with van der Waals surface area (Å²) in [6.07, 6.45) is 4.28. The fourth-order valence-corrected chi connectivity index (χ4v) is 2.69. The highest BCUT2D eigenvalue weighted by Crippen LogP contribution is 2.31. The lowest BCUT2D eigenvalue weighted by atomic mass is 9.94. The van der Waals surface area contributed by atoms with Gasteiger partial charge in [-0.3, -0.25) is 4.79 Å². The van der Waals surface area contributed by atoms with Gasteiger partial charge in [-0.1, -0.05) is 6.92 Å². The van der Waals surface area contributed by atoms with Crippen LogP contribution >= 0.6 is 0 Å². The summed E-state index contributed by atoms with van der Waals surface area (Å²) in [5.41, 5.74) is 3.01. The van der Waals surface area contributed by atoms with Crippen LogP contribution in [0.2, 0.25) is 0 Å². The second-order valence-electron chi connectivity index (χ2n) is 5.13. The predicted octanol–water partition coefficient (Wildman–Crippen LogP) is 3.00. The number of fused-ring (bicyclic) bond motifs is 1. The van der Waals surface area contributed by atoms with Crippen LogP contribution in [-0.4, -0.2) is 12.5 Å². The predicted molar refractivity (Wildman–Crippen MR) is 77.6 cm³/mol. The van der Waals surface area contributed by atoms with Crippen molar-refractivity contribution in [2.75, 3.05) is 11.9 Å². The van der Waals surface area contributed by atoms with Gasteiger partial charge in [0, 0.05) is 23.2 Å². The molecule has 2 aromatic rings. The van der Waals surface area contributed by atoms with E-state index in [1.807, 2.05) is 19.1 Å². The number of carbonyl (C=O) groups is 1. The minimum absolute atomic E-state index is 0.0623. The molecule has 4 nitrogen and oxygen atoms in total. The zero-order valence-electron chi connectivity index (χ0n) is 11.8. The Morgan fingerprint density at radius 3 is 3.00 bits per heavy atom. The Morgan fingerprint density at radius 1 is 1.43 bits per heavy atom. The molecule has 0 radical (unpaired) electrons. The standard InChI is InChI=1S/C16H17FN2O2/c1-2-18-16(11-5-6-21-9-11)12-7-10-3-4-15(20)19-14(10)8-13(12)17/h5-9,16,18H,2-4H2,1H3,(H,19,20). The molecule has 1 aliphatic heterocycles. The number of anilines is 1. The summed E-state index contributed by atoms with van der Waals surface area (Å²) >= 11 is 0. The van der Waals surface area contributed by atoms with Gasteiger partial charge in [-0.15, -0.1) is 0 Å². The van der Waals surface area contributed by atoms with Gasteiger partial charge in [0.05, 0.1) is 18.6 Å². The molecule has 0 saturated carbocycles. The fraction of sp³-hybridized carbons (Fsp3) is 0.312. The third-order valence-electron chi connectivity index (χ3n) is 3.71. The Balaban J connectivity index is 2.02. The molecule has 1 atom stereocenters. The maximum atomic E-state index is 14.4. The minimum atomic E-state index is -0.330. The molecule has 1 aliphatic rings. The average Bonchev–Trinajstić information content (AvgIpc) is 2.98. The quantitative estimate of drug-likeness (QED) is 0.909. The van der Waals surface area contributed by atoms with E-state index in [-0.39, 0.29) is 17.8 Å². The van der Waals surface area contributed by atoms with Crippen molar-refractivity contribution < 1.29 is 13.6 Å². The molecule has 1 aromatic carbocycles. The van der Waals surface area contributed by atoms with Crippen LogP contribution < -0.4 is 10.6 Å². The molecule has 21 heavy (non-hydrogen) atoms. The summed E-state index contributed by atoms with van der Waals surface area (Å²) in [5, 5.41) is 5.99. The highest BCUT2D eigenvalue weighted by molar-refractivity contribution is 5.93. The molecule has 1 aromatic heterocycles. The number of aryl methyl sites for hydroxylation is 1. The third kappa shape index (κ3) is 2.69.